The number of hydrogen-bond donors (Lipinski definition) is 5. The molecule has 1 heterocycles. The summed E-state index contributed by atoms with van der Waals surface area (Å²) >= 11 is 0. The van der Waals surface area contributed by atoms with E-state index in [0.717, 1.165) is 18.5 Å². The van der Waals surface area contributed by atoms with Crippen LogP contribution in [0.5, 0.6) is 0 Å². The molecule has 0 saturated carbocycles. The van der Waals surface area contributed by atoms with Crippen LogP contribution in [0.1, 0.15) is 42.4 Å². The van der Waals surface area contributed by atoms with Gasteiger partial charge in [-0.2, -0.15) is 0 Å². The SMILES string of the molecule is C[C@H](NC(=O)[C@H]1C[C@H](c2ccccc2)CCN1)C(=O)NCc1ccc(C(=N)N)cc1.Cl.Cl. The maximum absolute atomic E-state index is 12.7. The van der Waals surface area contributed by atoms with E-state index >= 15 is 0 Å². The van der Waals surface area contributed by atoms with Crippen LogP contribution in [0.2, 0.25) is 0 Å². The van der Waals surface area contributed by atoms with Crippen LogP contribution in [0.15, 0.2) is 54.6 Å². The van der Waals surface area contributed by atoms with Crippen LogP contribution in [0, 0.1) is 5.41 Å². The van der Waals surface area contributed by atoms with Crippen molar-refractivity contribution < 1.29 is 9.59 Å². The van der Waals surface area contributed by atoms with Crippen LogP contribution in [-0.4, -0.2) is 36.3 Å². The van der Waals surface area contributed by atoms with Gasteiger partial charge in [0.05, 0.1) is 6.04 Å². The van der Waals surface area contributed by atoms with Crippen LogP contribution >= 0.6 is 24.8 Å². The molecule has 3 rings (SSSR count). The van der Waals surface area contributed by atoms with Gasteiger partial charge in [-0.3, -0.25) is 15.0 Å². The van der Waals surface area contributed by atoms with Gasteiger partial charge < -0.3 is 21.7 Å². The summed E-state index contributed by atoms with van der Waals surface area (Å²) < 4.78 is 0. The Labute approximate surface area is 201 Å². The molecule has 0 bridgehead atoms. The molecule has 2 amide bonds. The van der Waals surface area contributed by atoms with Crippen LogP contribution in [0.3, 0.4) is 0 Å². The molecule has 0 aliphatic carbocycles. The Balaban J connectivity index is 0.00000256. The molecule has 0 unspecified atom stereocenters. The van der Waals surface area contributed by atoms with Crippen LogP contribution < -0.4 is 21.7 Å². The van der Waals surface area contributed by atoms with Crippen molar-refractivity contribution >= 4 is 42.5 Å². The molecule has 174 valence electrons. The lowest BCUT2D eigenvalue weighted by molar-refractivity contribution is -0.130. The number of amidine groups is 1. The molecular formula is C23H31Cl2N5O2. The molecule has 0 spiro atoms. The highest BCUT2D eigenvalue weighted by molar-refractivity contribution is 5.95. The van der Waals surface area contributed by atoms with E-state index in [1.165, 1.54) is 5.56 Å². The summed E-state index contributed by atoms with van der Waals surface area (Å²) in [5, 5.41) is 16.3. The minimum absolute atomic E-state index is 0. The summed E-state index contributed by atoms with van der Waals surface area (Å²) in [7, 11) is 0. The van der Waals surface area contributed by atoms with Crippen molar-refractivity contribution in [3.05, 3.63) is 71.3 Å². The Kier molecular flexibility index (Phi) is 11.2. The molecule has 2 aromatic carbocycles. The maximum atomic E-state index is 12.7. The minimum Gasteiger partial charge on any atom is -0.384 e. The van der Waals surface area contributed by atoms with Crippen molar-refractivity contribution in [2.24, 2.45) is 5.73 Å². The normalized spacial score (nSPS) is 18.3. The smallest absolute Gasteiger partial charge is 0.242 e. The Morgan fingerprint density at radius 1 is 1.12 bits per heavy atom. The van der Waals surface area contributed by atoms with E-state index in [0.29, 0.717) is 24.4 Å². The van der Waals surface area contributed by atoms with Crippen LogP contribution in [-0.2, 0) is 16.1 Å². The molecular weight excluding hydrogens is 449 g/mol. The Hall–Kier alpha value is -2.61. The first-order valence-electron chi connectivity index (χ1n) is 10.2. The average Bonchev–Trinajstić information content (AvgIpc) is 2.78. The number of benzene rings is 2. The second-order valence-electron chi connectivity index (χ2n) is 7.70. The monoisotopic (exact) mass is 479 g/mol. The first-order valence-corrected chi connectivity index (χ1v) is 10.2. The van der Waals surface area contributed by atoms with Crippen molar-refractivity contribution in [3.8, 4) is 0 Å². The van der Waals surface area contributed by atoms with E-state index in [1.54, 1.807) is 19.1 Å². The zero-order valence-corrected chi connectivity index (χ0v) is 19.6. The van der Waals surface area contributed by atoms with Crippen molar-refractivity contribution in [2.75, 3.05) is 6.54 Å². The predicted octanol–water partition coefficient (Wildman–Crippen LogP) is 2.47. The fraction of sp³-hybridized carbons (Fsp3) is 0.348. The number of amides is 2. The average molecular weight is 480 g/mol. The van der Waals surface area contributed by atoms with Gasteiger partial charge >= 0.3 is 0 Å². The molecule has 1 fully saturated rings. The van der Waals surface area contributed by atoms with Crippen LogP contribution in [0.25, 0.3) is 0 Å². The Morgan fingerprint density at radius 2 is 1.78 bits per heavy atom. The fourth-order valence-electron chi connectivity index (χ4n) is 3.67. The third-order valence-electron chi connectivity index (χ3n) is 5.47. The topological polar surface area (TPSA) is 120 Å². The molecule has 3 atom stereocenters. The quantitative estimate of drug-likeness (QED) is 0.309. The van der Waals surface area contributed by atoms with Crippen molar-refractivity contribution in [3.63, 3.8) is 0 Å². The van der Waals surface area contributed by atoms with Gasteiger partial charge in [-0.05, 0) is 43.4 Å². The number of piperidine rings is 1. The molecule has 1 aliphatic heterocycles. The summed E-state index contributed by atoms with van der Waals surface area (Å²) in [6.45, 7) is 2.80. The highest BCUT2D eigenvalue weighted by Gasteiger charge is 2.29. The van der Waals surface area contributed by atoms with Crippen molar-refractivity contribution in [2.45, 2.75) is 44.3 Å². The predicted molar refractivity (Wildman–Crippen MR) is 132 cm³/mol. The first kappa shape index (κ1) is 27.4. The summed E-state index contributed by atoms with van der Waals surface area (Å²) in [5.74, 6) is -0.0449. The van der Waals surface area contributed by atoms with E-state index in [1.807, 2.05) is 30.3 Å². The second kappa shape index (κ2) is 13.1. The molecule has 1 saturated heterocycles. The Bertz CT molecular complexity index is 893. The molecule has 9 heteroatoms. The van der Waals surface area contributed by atoms with Gasteiger partial charge in [-0.1, -0.05) is 54.6 Å². The number of carbonyl (C=O) groups excluding carboxylic acids is 2. The van der Waals surface area contributed by atoms with Gasteiger partial charge in [0.2, 0.25) is 11.8 Å². The summed E-state index contributed by atoms with van der Waals surface area (Å²) in [4.78, 5) is 25.1. The van der Waals surface area contributed by atoms with E-state index in [4.69, 9.17) is 11.1 Å². The highest BCUT2D eigenvalue weighted by Crippen LogP contribution is 2.27. The second-order valence-corrected chi connectivity index (χ2v) is 7.70. The number of halogens is 2. The van der Waals surface area contributed by atoms with E-state index < -0.39 is 6.04 Å². The van der Waals surface area contributed by atoms with E-state index in [-0.39, 0.29) is 48.5 Å². The number of hydrogen-bond acceptors (Lipinski definition) is 4. The zero-order chi connectivity index (χ0) is 21.5. The van der Waals surface area contributed by atoms with Gasteiger partial charge in [0.15, 0.2) is 0 Å². The summed E-state index contributed by atoms with van der Waals surface area (Å²) in [6.07, 6.45) is 1.71. The third-order valence-corrected chi connectivity index (χ3v) is 5.47. The lowest BCUT2D eigenvalue weighted by atomic mass is 9.86. The summed E-state index contributed by atoms with van der Waals surface area (Å²) in [6, 6.07) is 16.4. The van der Waals surface area contributed by atoms with Crippen LogP contribution in [0.4, 0.5) is 0 Å². The lowest BCUT2D eigenvalue weighted by Crippen LogP contribution is -2.53. The highest BCUT2D eigenvalue weighted by atomic mass is 35.5. The van der Waals surface area contributed by atoms with Gasteiger partial charge in [0.1, 0.15) is 11.9 Å². The number of nitrogen functional groups attached to an aromatic ring is 1. The van der Waals surface area contributed by atoms with E-state index in [2.05, 4.69) is 28.1 Å². The third kappa shape index (κ3) is 7.51. The number of carbonyl (C=O) groups is 2. The maximum Gasteiger partial charge on any atom is 0.242 e. The number of nitrogens with one attached hydrogen (secondary N) is 4. The van der Waals surface area contributed by atoms with Gasteiger partial charge in [0, 0.05) is 12.1 Å². The number of nitrogens with two attached hydrogens (primary N) is 1. The standard InChI is InChI=1S/C23H29N5O2.2ClH/c1-15(22(29)27-14-16-7-9-18(10-8-16)21(24)25)28-23(30)20-13-19(11-12-26-20)17-5-3-2-4-6-17;;/h2-10,15,19-20,26H,11-14H2,1H3,(H3,24,25)(H,27,29)(H,28,30);2*1H/t15-,19+,20+;;/m0../s1. The fourth-order valence-corrected chi connectivity index (χ4v) is 3.67. The molecule has 0 aromatic heterocycles. The van der Waals surface area contributed by atoms with Crippen molar-refractivity contribution in [1.29, 1.82) is 5.41 Å². The molecule has 0 radical (unpaired) electrons. The molecule has 2 aromatic rings. The Morgan fingerprint density at radius 3 is 2.41 bits per heavy atom. The number of rotatable bonds is 7. The molecule has 6 N–H and O–H groups in total. The van der Waals surface area contributed by atoms with Gasteiger partial charge in [-0.25, -0.2) is 0 Å². The molecule has 1 aliphatic rings. The molecule has 32 heavy (non-hydrogen) atoms. The first-order chi connectivity index (χ1) is 14.4. The molecule has 7 nitrogen and oxygen atoms in total. The summed E-state index contributed by atoms with van der Waals surface area (Å²) in [5.41, 5.74) is 8.23. The van der Waals surface area contributed by atoms with Gasteiger partial charge in [-0.15, -0.1) is 24.8 Å². The van der Waals surface area contributed by atoms with Gasteiger partial charge in [0.25, 0.3) is 0 Å². The zero-order valence-electron chi connectivity index (χ0n) is 18.0. The largest absolute Gasteiger partial charge is 0.384 e. The van der Waals surface area contributed by atoms with Crippen molar-refractivity contribution in [1.82, 2.24) is 16.0 Å². The van der Waals surface area contributed by atoms with E-state index in [9.17, 15) is 9.59 Å². The minimum atomic E-state index is -0.632. The lowest BCUT2D eigenvalue weighted by Gasteiger charge is -2.30.